The second-order valence-corrected chi connectivity index (χ2v) is 9.34. The Labute approximate surface area is 174 Å². The molecule has 1 unspecified atom stereocenters. The maximum absolute atomic E-state index is 13.0. The second kappa shape index (κ2) is 10.1. The summed E-state index contributed by atoms with van der Waals surface area (Å²) in [5.41, 5.74) is -1.34. The first-order chi connectivity index (χ1) is 13.2. The predicted octanol–water partition coefficient (Wildman–Crippen LogP) is 2.58. The van der Waals surface area contributed by atoms with E-state index in [1.807, 2.05) is 0 Å². The molecule has 8 heteroatoms. The highest BCUT2D eigenvalue weighted by Gasteiger charge is 2.48. The zero-order chi connectivity index (χ0) is 22.4. The molecule has 1 fully saturated rings. The van der Waals surface area contributed by atoms with Crippen LogP contribution in [0.2, 0.25) is 0 Å². The van der Waals surface area contributed by atoms with E-state index < -0.39 is 29.3 Å². The Balaban J connectivity index is 3.00. The van der Waals surface area contributed by atoms with Crippen LogP contribution >= 0.6 is 0 Å². The number of amides is 2. The average molecular weight is 412 g/mol. The summed E-state index contributed by atoms with van der Waals surface area (Å²) < 4.78 is 11.1. The van der Waals surface area contributed by atoms with Gasteiger partial charge in [-0.05, 0) is 66.8 Å². The number of ether oxygens (including phenoxy) is 2. The molecule has 0 aromatic heterocycles. The van der Waals surface area contributed by atoms with Gasteiger partial charge in [0.05, 0.1) is 6.67 Å². The third-order valence-electron chi connectivity index (χ3n) is 4.35. The van der Waals surface area contributed by atoms with Gasteiger partial charge in [0.25, 0.3) is 0 Å². The largest absolute Gasteiger partial charge is 0.458 e. The lowest BCUT2D eigenvalue weighted by Crippen LogP contribution is -2.50. The van der Waals surface area contributed by atoms with E-state index in [-0.39, 0.29) is 17.9 Å². The summed E-state index contributed by atoms with van der Waals surface area (Å²) in [4.78, 5) is 38.3. The first-order valence-electron chi connectivity index (χ1n) is 10.1. The molecule has 3 atom stereocenters. The minimum Gasteiger partial charge on any atom is -0.458 e. The van der Waals surface area contributed by atoms with Crippen LogP contribution in [-0.4, -0.2) is 59.4 Å². The van der Waals surface area contributed by atoms with E-state index >= 15 is 0 Å². The van der Waals surface area contributed by atoms with Crippen LogP contribution < -0.4 is 10.6 Å². The van der Waals surface area contributed by atoms with Crippen molar-refractivity contribution in [2.45, 2.75) is 84.6 Å². The van der Waals surface area contributed by atoms with Crippen LogP contribution in [0.4, 0.5) is 4.79 Å². The molecule has 166 valence electrons. The molecule has 8 nitrogen and oxygen atoms in total. The molecular formula is C21H37N3O5. The SMILES string of the molecule is C=C[C@@H]1CC(C(=O)OC(C)(C)C)N(C(=O)OC(C)(C)C)[C@@H]1CCNCNC(C)=O. The van der Waals surface area contributed by atoms with Crippen LogP contribution in [0.15, 0.2) is 12.7 Å². The lowest BCUT2D eigenvalue weighted by molar-refractivity contribution is -0.160. The second-order valence-electron chi connectivity index (χ2n) is 9.34. The lowest BCUT2D eigenvalue weighted by Gasteiger charge is -2.33. The van der Waals surface area contributed by atoms with Gasteiger partial charge in [-0.15, -0.1) is 6.58 Å². The molecule has 0 radical (unpaired) electrons. The number of hydrogen-bond donors (Lipinski definition) is 2. The van der Waals surface area contributed by atoms with Crippen LogP contribution in [-0.2, 0) is 19.1 Å². The van der Waals surface area contributed by atoms with Gasteiger partial charge in [-0.2, -0.15) is 0 Å². The number of rotatable bonds is 7. The quantitative estimate of drug-likeness (QED) is 0.289. The van der Waals surface area contributed by atoms with E-state index in [9.17, 15) is 14.4 Å². The number of hydrogen-bond acceptors (Lipinski definition) is 6. The van der Waals surface area contributed by atoms with Crippen molar-refractivity contribution in [1.29, 1.82) is 0 Å². The highest BCUT2D eigenvalue weighted by atomic mass is 16.6. The molecule has 0 saturated carbocycles. The number of nitrogens with one attached hydrogen (secondary N) is 2. The number of carbonyl (C=O) groups is 3. The summed E-state index contributed by atoms with van der Waals surface area (Å²) in [5.74, 6) is -0.630. The van der Waals surface area contributed by atoms with Crippen LogP contribution in [0.1, 0.15) is 61.3 Å². The normalized spacial score (nSPS) is 22.2. The van der Waals surface area contributed by atoms with E-state index in [0.717, 1.165) is 0 Å². The maximum Gasteiger partial charge on any atom is 0.411 e. The molecule has 1 aliphatic heterocycles. The summed E-state index contributed by atoms with van der Waals surface area (Å²) in [6, 6.07) is -0.989. The van der Waals surface area contributed by atoms with Crippen molar-refractivity contribution in [2.24, 2.45) is 5.92 Å². The van der Waals surface area contributed by atoms with Gasteiger partial charge in [0, 0.05) is 13.0 Å². The average Bonchev–Trinajstić information content (AvgIpc) is 2.90. The molecule has 0 bridgehead atoms. The van der Waals surface area contributed by atoms with E-state index in [0.29, 0.717) is 26.1 Å². The summed E-state index contributed by atoms with van der Waals surface area (Å²) in [6.45, 7) is 17.0. The Bertz CT molecular complexity index is 606. The molecule has 0 aliphatic carbocycles. The van der Waals surface area contributed by atoms with Gasteiger partial charge in [-0.25, -0.2) is 9.59 Å². The Kier molecular flexibility index (Phi) is 8.68. The van der Waals surface area contributed by atoms with Gasteiger partial charge in [0.15, 0.2) is 0 Å². The zero-order valence-corrected chi connectivity index (χ0v) is 18.8. The Morgan fingerprint density at radius 3 is 2.17 bits per heavy atom. The molecule has 1 aliphatic rings. The molecule has 0 aromatic rings. The fourth-order valence-electron chi connectivity index (χ4n) is 3.25. The summed E-state index contributed by atoms with van der Waals surface area (Å²) in [6.07, 6.45) is 2.26. The maximum atomic E-state index is 13.0. The van der Waals surface area contributed by atoms with Crippen molar-refractivity contribution in [1.82, 2.24) is 15.5 Å². The fourth-order valence-corrected chi connectivity index (χ4v) is 3.25. The van der Waals surface area contributed by atoms with E-state index in [1.165, 1.54) is 11.8 Å². The van der Waals surface area contributed by atoms with Crippen molar-refractivity contribution in [3.63, 3.8) is 0 Å². The van der Waals surface area contributed by atoms with Gasteiger partial charge < -0.3 is 14.8 Å². The minimum atomic E-state index is -0.729. The Morgan fingerprint density at radius 1 is 1.10 bits per heavy atom. The van der Waals surface area contributed by atoms with Crippen molar-refractivity contribution in [3.8, 4) is 0 Å². The van der Waals surface area contributed by atoms with E-state index in [4.69, 9.17) is 9.47 Å². The van der Waals surface area contributed by atoms with E-state index in [2.05, 4.69) is 17.2 Å². The first-order valence-corrected chi connectivity index (χ1v) is 10.1. The topological polar surface area (TPSA) is 97.0 Å². The standard InChI is InChI=1S/C21H37N3O5/c1-9-15-12-17(18(26)28-20(3,4)5)24(19(27)29-21(6,7)8)16(15)10-11-22-13-23-14(2)25/h9,15-17,22H,1,10-13H2,2-8H3,(H,23,25)/t15-,16-,17?/m1/s1. The summed E-state index contributed by atoms with van der Waals surface area (Å²) in [7, 11) is 0. The van der Waals surface area contributed by atoms with Crippen LogP contribution in [0, 0.1) is 5.92 Å². The lowest BCUT2D eigenvalue weighted by atomic mass is 9.97. The molecular weight excluding hydrogens is 374 g/mol. The monoisotopic (exact) mass is 411 g/mol. The molecule has 0 spiro atoms. The van der Waals surface area contributed by atoms with E-state index in [1.54, 1.807) is 47.6 Å². The fraction of sp³-hybridized carbons (Fsp3) is 0.762. The highest BCUT2D eigenvalue weighted by Crippen LogP contribution is 2.35. The minimum absolute atomic E-state index is 0.0670. The Hall–Kier alpha value is -2.09. The van der Waals surface area contributed by atoms with Crippen LogP contribution in [0.5, 0.6) is 0 Å². The van der Waals surface area contributed by atoms with Gasteiger partial charge in [-0.1, -0.05) is 6.08 Å². The third-order valence-corrected chi connectivity index (χ3v) is 4.35. The molecule has 1 rings (SSSR count). The summed E-state index contributed by atoms with van der Waals surface area (Å²) in [5, 5.41) is 5.78. The molecule has 1 heterocycles. The van der Waals surface area contributed by atoms with Crippen molar-refractivity contribution in [3.05, 3.63) is 12.7 Å². The molecule has 1 saturated heterocycles. The van der Waals surface area contributed by atoms with Crippen molar-refractivity contribution >= 4 is 18.0 Å². The first kappa shape index (κ1) is 24.9. The smallest absolute Gasteiger partial charge is 0.411 e. The molecule has 0 aromatic carbocycles. The zero-order valence-electron chi connectivity index (χ0n) is 18.8. The predicted molar refractivity (Wildman–Crippen MR) is 111 cm³/mol. The van der Waals surface area contributed by atoms with Crippen LogP contribution in [0.3, 0.4) is 0 Å². The van der Waals surface area contributed by atoms with Crippen molar-refractivity contribution in [2.75, 3.05) is 13.2 Å². The Morgan fingerprint density at radius 2 is 1.69 bits per heavy atom. The molecule has 2 N–H and O–H groups in total. The number of nitrogens with zero attached hydrogens (tertiary/aromatic N) is 1. The van der Waals surface area contributed by atoms with Gasteiger partial charge in [0.2, 0.25) is 5.91 Å². The number of esters is 1. The van der Waals surface area contributed by atoms with Gasteiger partial charge in [-0.3, -0.25) is 15.0 Å². The van der Waals surface area contributed by atoms with Crippen molar-refractivity contribution < 1.29 is 23.9 Å². The summed E-state index contributed by atoms with van der Waals surface area (Å²) >= 11 is 0. The number of likely N-dealkylation sites (tertiary alicyclic amines) is 1. The van der Waals surface area contributed by atoms with Gasteiger partial charge in [0.1, 0.15) is 17.2 Å². The molecule has 29 heavy (non-hydrogen) atoms. The number of carbonyl (C=O) groups excluding carboxylic acids is 3. The highest BCUT2D eigenvalue weighted by molar-refractivity contribution is 5.83. The van der Waals surface area contributed by atoms with Crippen LogP contribution in [0.25, 0.3) is 0 Å². The van der Waals surface area contributed by atoms with Gasteiger partial charge >= 0.3 is 12.1 Å². The molecule has 2 amide bonds. The third kappa shape index (κ3) is 8.43.